The molecule has 0 saturated carbocycles. The van der Waals surface area contributed by atoms with Gasteiger partial charge in [0.15, 0.2) is 0 Å². The van der Waals surface area contributed by atoms with Crippen LogP contribution in [-0.2, 0) is 6.42 Å². The second-order valence-electron chi connectivity index (χ2n) is 4.99. The molecule has 1 aliphatic heterocycles. The van der Waals surface area contributed by atoms with Gasteiger partial charge in [0.2, 0.25) is 0 Å². The zero-order valence-corrected chi connectivity index (χ0v) is 10.4. The first-order valence-electron chi connectivity index (χ1n) is 6.23. The van der Waals surface area contributed by atoms with Crippen LogP contribution < -0.4 is 5.32 Å². The third kappa shape index (κ3) is 1.79. The normalized spacial score (nSPS) is 19.1. The van der Waals surface area contributed by atoms with Crippen LogP contribution in [0.4, 0.5) is 0 Å². The van der Waals surface area contributed by atoms with Gasteiger partial charge in [0, 0.05) is 23.1 Å². The van der Waals surface area contributed by atoms with Crippen LogP contribution >= 0.6 is 0 Å². The number of aromatic nitrogens is 1. The smallest absolute Gasteiger partial charge is 0.0664 e. The average molecular weight is 226 g/mol. The molecule has 0 amide bonds. The highest BCUT2D eigenvalue weighted by atomic mass is 15.0. The first kappa shape index (κ1) is 10.6. The maximum Gasteiger partial charge on any atom is 0.0664 e. The van der Waals surface area contributed by atoms with Gasteiger partial charge in [-0.15, -0.1) is 0 Å². The topological polar surface area (TPSA) is 27.8 Å². The third-order valence-electron chi connectivity index (χ3n) is 3.40. The maximum atomic E-state index is 3.56. The maximum absolute atomic E-state index is 3.56. The number of para-hydroxylation sites is 1. The number of allylic oxidation sites excluding steroid dienone is 1. The van der Waals surface area contributed by atoms with Gasteiger partial charge in [0.25, 0.3) is 0 Å². The molecule has 0 saturated heterocycles. The SMILES string of the molecule is CC(C)=C[C@@H]1NCCc2c1[nH]c1ccccc21. The molecule has 2 heteroatoms. The van der Waals surface area contributed by atoms with Crippen LogP contribution in [0.2, 0.25) is 0 Å². The highest BCUT2D eigenvalue weighted by Gasteiger charge is 2.21. The Kier molecular flexibility index (Phi) is 2.52. The molecule has 0 fully saturated rings. The molecule has 0 spiro atoms. The van der Waals surface area contributed by atoms with E-state index in [-0.39, 0.29) is 0 Å². The Hall–Kier alpha value is -1.54. The molecular weight excluding hydrogens is 208 g/mol. The van der Waals surface area contributed by atoms with E-state index in [1.54, 1.807) is 0 Å². The van der Waals surface area contributed by atoms with Gasteiger partial charge in [-0.25, -0.2) is 0 Å². The minimum atomic E-state index is 0.344. The minimum absolute atomic E-state index is 0.344. The van der Waals surface area contributed by atoms with Crippen LogP contribution in [0, 0.1) is 0 Å². The Balaban J connectivity index is 2.17. The van der Waals surface area contributed by atoms with Crippen molar-refractivity contribution in [1.29, 1.82) is 0 Å². The molecule has 3 rings (SSSR count). The summed E-state index contributed by atoms with van der Waals surface area (Å²) < 4.78 is 0. The lowest BCUT2D eigenvalue weighted by Crippen LogP contribution is -2.28. The van der Waals surface area contributed by atoms with Crippen LogP contribution in [0.15, 0.2) is 35.9 Å². The van der Waals surface area contributed by atoms with Gasteiger partial charge in [-0.3, -0.25) is 0 Å². The highest BCUT2D eigenvalue weighted by molar-refractivity contribution is 5.85. The van der Waals surface area contributed by atoms with Crippen LogP contribution in [0.5, 0.6) is 0 Å². The van der Waals surface area contributed by atoms with Crippen molar-refractivity contribution in [2.45, 2.75) is 26.3 Å². The molecule has 1 aliphatic rings. The number of benzene rings is 1. The average Bonchev–Trinajstić information content (AvgIpc) is 2.68. The molecule has 88 valence electrons. The molecule has 2 N–H and O–H groups in total. The van der Waals surface area contributed by atoms with Gasteiger partial charge >= 0.3 is 0 Å². The zero-order chi connectivity index (χ0) is 11.8. The van der Waals surface area contributed by atoms with E-state index in [1.165, 1.54) is 27.7 Å². The summed E-state index contributed by atoms with van der Waals surface area (Å²) in [6, 6.07) is 8.93. The predicted molar refractivity (Wildman–Crippen MR) is 72.2 cm³/mol. The van der Waals surface area contributed by atoms with Gasteiger partial charge < -0.3 is 10.3 Å². The Bertz CT molecular complexity index is 574. The quantitative estimate of drug-likeness (QED) is 0.717. The van der Waals surface area contributed by atoms with Gasteiger partial charge in [-0.1, -0.05) is 29.8 Å². The summed E-state index contributed by atoms with van der Waals surface area (Å²) in [5, 5.41) is 4.95. The summed E-state index contributed by atoms with van der Waals surface area (Å²) in [5.41, 5.74) is 5.45. The standard InChI is InChI=1S/C15H18N2/c1-10(2)9-14-15-12(7-8-16-14)11-5-3-4-6-13(11)17-15/h3-6,9,14,16-17H,7-8H2,1-2H3/t14-/m0/s1. The van der Waals surface area contributed by atoms with Crippen LogP contribution in [-0.4, -0.2) is 11.5 Å². The molecule has 2 heterocycles. The van der Waals surface area contributed by atoms with E-state index in [1.807, 2.05) is 0 Å². The monoisotopic (exact) mass is 226 g/mol. The van der Waals surface area contributed by atoms with Crippen LogP contribution in [0.1, 0.15) is 31.1 Å². The van der Waals surface area contributed by atoms with Gasteiger partial charge in [-0.2, -0.15) is 0 Å². The largest absolute Gasteiger partial charge is 0.357 e. The van der Waals surface area contributed by atoms with Crippen molar-refractivity contribution in [2.24, 2.45) is 0 Å². The van der Waals surface area contributed by atoms with E-state index in [0.717, 1.165) is 13.0 Å². The fraction of sp³-hybridized carbons (Fsp3) is 0.333. The Morgan fingerprint density at radius 2 is 2.12 bits per heavy atom. The second-order valence-corrected chi connectivity index (χ2v) is 4.99. The molecule has 0 bridgehead atoms. The minimum Gasteiger partial charge on any atom is -0.357 e. The van der Waals surface area contributed by atoms with E-state index in [9.17, 15) is 0 Å². The number of H-pyrrole nitrogens is 1. The third-order valence-corrected chi connectivity index (χ3v) is 3.40. The molecule has 17 heavy (non-hydrogen) atoms. The van der Waals surface area contributed by atoms with Gasteiger partial charge in [0.1, 0.15) is 0 Å². The second kappa shape index (κ2) is 4.04. The van der Waals surface area contributed by atoms with Crippen molar-refractivity contribution in [1.82, 2.24) is 10.3 Å². The molecule has 0 unspecified atom stereocenters. The summed E-state index contributed by atoms with van der Waals surface area (Å²) in [6.45, 7) is 5.36. The molecule has 2 aromatic rings. The van der Waals surface area contributed by atoms with E-state index in [0.29, 0.717) is 6.04 Å². The summed E-state index contributed by atoms with van der Waals surface area (Å²) >= 11 is 0. The molecule has 1 atom stereocenters. The van der Waals surface area contributed by atoms with Crippen molar-refractivity contribution < 1.29 is 0 Å². The Labute approximate surface area is 102 Å². The van der Waals surface area contributed by atoms with Crippen molar-refractivity contribution in [2.75, 3.05) is 6.54 Å². The number of hydrogen-bond donors (Lipinski definition) is 2. The number of aromatic amines is 1. The summed E-state index contributed by atoms with van der Waals surface area (Å²) in [5.74, 6) is 0. The van der Waals surface area contributed by atoms with E-state index in [4.69, 9.17) is 0 Å². The van der Waals surface area contributed by atoms with Crippen molar-refractivity contribution in [3.63, 3.8) is 0 Å². The molecular formula is C15H18N2. The Morgan fingerprint density at radius 1 is 1.29 bits per heavy atom. The number of nitrogens with one attached hydrogen (secondary N) is 2. The number of fused-ring (bicyclic) bond motifs is 3. The summed E-state index contributed by atoms with van der Waals surface area (Å²) in [4.78, 5) is 3.56. The lowest BCUT2D eigenvalue weighted by atomic mass is 9.98. The highest BCUT2D eigenvalue weighted by Crippen LogP contribution is 2.30. The van der Waals surface area contributed by atoms with Crippen LogP contribution in [0.3, 0.4) is 0 Å². The first-order valence-corrected chi connectivity index (χ1v) is 6.23. The van der Waals surface area contributed by atoms with Crippen molar-refractivity contribution >= 4 is 10.9 Å². The van der Waals surface area contributed by atoms with Crippen molar-refractivity contribution in [3.8, 4) is 0 Å². The zero-order valence-electron chi connectivity index (χ0n) is 10.4. The lowest BCUT2D eigenvalue weighted by Gasteiger charge is -2.22. The molecule has 0 radical (unpaired) electrons. The van der Waals surface area contributed by atoms with E-state index in [2.05, 4.69) is 54.5 Å². The van der Waals surface area contributed by atoms with Gasteiger partial charge in [-0.05, 0) is 31.9 Å². The summed E-state index contributed by atoms with van der Waals surface area (Å²) in [7, 11) is 0. The molecule has 2 nitrogen and oxygen atoms in total. The fourth-order valence-electron chi connectivity index (χ4n) is 2.69. The van der Waals surface area contributed by atoms with Crippen LogP contribution in [0.25, 0.3) is 10.9 Å². The van der Waals surface area contributed by atoms with E-state index >= 15 is 0 Å². The summed E-state index contributed by atoms with van der Waals surface area (Å²) in [6.07, 6.45) is 3.42. The van der Waals surface area contributed by atoms with E-state index < -0.39 is 0 Å². The van der Waals surface area contributed by atoms with Crippen molar-refractivity contribution in [3.05, 3.63) is 47.2 Å². The Morgan fingerprint density at radius 3 is 2.94 bits per heavy atom. The molecule has 0 aliphatic carbocycles. The fourth-order valence-corrected chi connectivity index (χ4v) is 2.69. The predicted octanol–water partition coefficient (Wildman–Crippen LogP) is 3.32. The molecule has 1 aromatic carbocycles. The lowest BCUT2D eigenvalue weighted by molar-refractivity contribution is 0.571. The van der Waals surface area contributed by atoms with Gasteiger partial charge in [0.05, 0.1) is 6.04 Å². The number of hydrogen-bond acceptors (Lipinski definition) is 1. The number of rotatable bonds is 1. The first-order chi connectivity index (χ1) is 8.25. The molecule has 1 aromatic heterocycles.